The summed E-state index contributed by atoms with van der Waals surface area (Å²) >= 11 is 0. The fraction of sp³-hybridized carbons (Fsp3) is 0.647. The van der Waals surface area contributed by atoms with Crippen molar-refractivity contribution >= 4 is 17.4 Å². The highest BCUT2D eigenvalue weighted by Gasteiger charge is 2.44. The number of nitrogens with zero attached hydrogens (tertiary/aromatic N) is 2. The largest absolute Gasteiger partial charge is 0.357 e. The highest BCUT2D eigenvalue weighted by atomic mass is 19.3. The van der Waals surface area contributed by atoms with Crippen LogP contribution in [0, 0.1) is 5.92 Å². The minimum atomic E-state index is -2.50. The van der Waals surface area contributed by atoms with Gasteiger partial charge in [-0.2, -0.15) is 0 Å². The van der Waals surface area contributed by atoms with Crippen molar-refractivity contribution in [2.45, 2.75) is 50.9 Å². The van der Waals surface area contributed by atoms with E-state index in [1.54, 1.807) is 6.20 Å². The Bertz CT molecular complexity index is 533. The molecule has 0 aromatic carbocycles. The number of anilines is 2. The number of halogens is 2. The van der Waals surface area contributed by atoms with Crippen molar-refractivity contribution in [2.75, 3.05) is 23.3 Å². The molecule has 1 amide bonds. The molecule has 2 fully saturated rings. The number of aromatic nitrogens is 1. The van der Waals surface area contributed by atoms with Gasteiger partial charge < -0.3 is 10.2 Å². The van der Waals surface area contributed by atoms with Crippen LogP contribution < -0.4 is 10.2 Å². The summed E-state index contributed by atoms with van der Waals surface area (Å²) in [6, 6.07) is 3.78. The van der Waals surface area contributed by atoms with Crippen molar-refractivity contribution in [2.24, 2.45) is 5.92 Å². The van der Waals surface area contributed by atoms with Gasteiger partial charge in [0.25, 0.3) is 0 Å². The van der Waals surface area contributed by atoms with Crippen LogP contribution in [0.15, 0.2) is 18.3 Å². The molecule has 0 radical (unpaired) electrons. The zero-order valence-electron chi connectivity index (χ0n) is 13.2. The molecule has 2 heterocycles. The van der Waals surface area contributed by atoms with Crippen LogP contribution in [0.2, 0.25) is 0 Å². The number of amides is 1. The third-order valence-corrected chi connectivity index (χ3v) is 4.67. The van der Waals surface area contributed by atoms with Gasteiger partial charge in [-0.25, -0.2) is 13.8 Å². The maximum Gasteiger partial charge on any atom is 0.248 e. The topological polar surface area (TPSA) is 45.2 Å². The third-order valence-electron chi connectivity index (χ3n) is 4.67. The van der Waals surface area contributed by atoms with Crippen LogP contribution in [-0.4, -0.2) is 29.9 Å². The van der Waals surface area contributed by atoms with E-state index in [9.17, 15) is 13.6 Å². The van der Waals surface area contributed by atoms with Gasteiger partial charge in [0.1, 0.15) is 5.82 Å². The molecule has 2 aliphatic rings. The van der Waals surface area contributed by atoms with Gasteiger partial charge in [-0.1, -0.05) is 0 Å². The molecule has 1 N–H and O–H groups in total. The van der Waals surface area contributed by atoms with Crippen LogP contribution in [0.5, 0.6) is 0 Å². The number of rotatable bonds is 5. The lowest BCUT2D eigenvalue weighted by atomic mass is 9.78. The molecule has 126 valence electrons. The minimum Gasteiger partial charge on any atom is -0.357 e. The van der Waals surface area contributed by atoms with Crippen molar-refractivity contribution < 1.29 is 13.6 Å². The molecule has 0 spiro atoms. The van der Waals surface area contributed by atoms with Gasteiger partial charge in [0, 0.05) is 32.4 Å². The highest BCUT2D eigenvalue weighted by Crippen LogP contribution is 2.44. The summed E-state index contributed by atoms with van der Waals surface area (Å²) in [5.74, 6) is -1.71. The second kappa shape index (κ2) is 6.81. The second-order valence-corrected chi connectivity index (χ2v) is 6.67. The lowest BCUT2D eigenvalue weighted by molar-refractivity contribution is -0.123. The van der Waals surface area contributed by atoms with E-state index in [0.717, 1.165) is 18.9 Å². The van der Waals surface area contributed by atoms with Crippen LogP contribution in [0.25, 0.3) is 0 Å². The Balaban J connectivity index is 1.43. The van der Waals surface area contributed by atoms with Gasteiger partial charge in [-0.05, 0) is 43.7 Å². The zero-order valence-corrected chi connectivity index (χ0v) is 13.2. The maximum atomic E-state index is 12.7. The van der Waals surface area contributed by atoms with Crippen LogP contribution in [0.4, 0.5) is 20.3 Å². The standard InChI is InChI=1S/C17H23F2N3O/c18-17(19)10-13(11-17)4-7-16(23)21-14-5-6-15(20-12-14)22-8-2-1-3-9-22/h5-6,12-13H,1-4,7-11H2,(H,21,23). The van der Waals surface area contributed by atoms with Crippen molar-refractivity contribution in [3.05, 3.63) is 18.3 Å². The molecule has 23 heavy (non-hydrogen) atoms. The third kappa shape index (κ3) is 4.39. The smallest absolute Gasteiger partial charge is 0.248 e. The van der Waals surface area contributed by atoms with Gasteiger partial charge in [0.2, 0.25) is 11.8 Å². The van der Waals surface area contributed by atoms with Crippen molar-refractivity contribution in [1.82, 2.24) is 4.98 Å². The van der Waals surface area contributed by atoms with Crippen molar-refractivity contribution in [3.8, 4) is 0 Å². The van der Waals surface area contributed by atoms with Gasteiger partial charge in [-0.15, -0.1) is 0 Å². The Morgan fingerprint density at radius 1 is 1.26 bits per heavy atom. The van der Waals surface area contributed by atoms with Crippen molar-refractivity contribution in [3.63, 3.8) is 0 Å². The van der Waals surface area contributed by atoms with E-state index < -0.39 is 5.92 Å². The molecular weight excluding hydrogens is 300 g/mol. The van der Waals surface area contributed by atoms with E-state index in [4.69, 9.17) is 0 Å². The van der Waals surface area contributed by atoms with Gasteiger partial charge >= 0.3 is 0 Å². The lowest BCUT2D eigenvalue weighted by Crippen LogP contribution is -2.35. The summed E-state index contributed by atoms with van der Waals surface area (Å²) in [4.78, 5) is 18.5. The Morgan fingerprint density at radius 3 is 2.61 bits per heavy atom. The fourth-order valence-corrected chi connectivity index (χ4v) is 3.32. The first kappa shape index (κ1) is 16.1. The van der Waals surface area contributed by atoms with E-state index in [1.165, 1.54) is 19.3 Å². The van der Waals surface area contributed by atoms with E-state index in [-0.39, 0.29) is 31.1 Å². The number of piperidine rings is 1. The van der Waals surface area contributed by atoms with Crippen LogP contribution in [0.3, 0.4) is 0 Å². The van der Waals surface area contributed by atoms with Gasteiger partial charge in [0.15, 0.2) is 0 Å². The second-order valence-electron chi connectivity index (χ2n) is 6.67. The predicted molar refractivity (Wildman–Crippen MR) is 85.8 cm³/mol. The molecule has 1 aliphatic carbocycles. The number of hydrogen-bond donors (Lipinski definition) is 1. The Morgan fingerprint density at radius 2 is 2.00 bits per heavy atom. The van der Waals surface area contributed by atoms with E-state index in [1.807, 2.05) is 12.1 Å². The Hall–Kier alpha value is -1.72. The monoisotopic (exact) mass is 323 g/mol. The number of alkyl halides is 2. The summed E-state index contributed by atoms with van der Waals surface area (Å²) in [7, 11) is 0. The van der Waals surface area contributed by atoms with Gasteiger partial charge in [0.05, 0.1) is 11.9 Å². The first-order valence-corrected chi connectivity index (χ1v) is 8.40. The predicted octanol–water partition coefficient (Wildman–Crippen LogP) is 3.84. The summed E-state index contributed by atoms with van der Waals surface area (Å²) in [5.41, 5.74) is 0.662. The molecular formula is C17H23F2N3O. The Kier molecular flexibility index (Phi) is 4.78. The number of carbonyl (C=O) groups is 1. The fourth-order valence-electron chi connectivity index (χ4n) is 3.32. The SMILES string of the molecule is O=C(CCC1CC(F)(F)C1)Nc1ccc(N2CCCCC2)nc1. The van der Waals surface area contributed by atoms with E-state index in [0.29, 0.717) is 12.1 Å². The molecule has 1 aliphatic heterocycles. The summed E-state index contributed by atoms with van der Waals surface area (Å²) in [6.45, 7) is 2.06. The molecule has 1 aromatic rings. The number of nitrogens with one attached hydrogen (secondary N) is 1. The zero-order chi connectivity index (χ0) is 16.3. The van der Waals surface area contributed by atoms with Gasteiger partial charge in [-0.3, -0.25) is 4.79 Å². The molecule has 1 aromatic heterocycles. The lowest BCUT2D eigenvalue weighted by Gasteiger charge is -2.34. The average Bonchev–Trinajstić information content (AvgIpc) is 2.52. The normalized spacial score (nSPS) is 20.9. The highest BCUT2D eigenvalue weighted by molar-refractivity contribution is 5.90. The van der Waals surface area contributed by atoms with E-state index in [2.05, 4.69) is 15.2 Å². The molecule has 0 unspecified atom stereocenters. The van der Waals surface area contributed by atoms with Crippen molar-refractivity contribution in [1.29, 1.82) is 0 Å². The molecule has 1 saturated carbocycles. The number of pyridine rings is 1. The molecule has 0 bridgehead atoms. The molecule has 3 rings (SSSR count). The quantitative estimate of drug-likeness (QED) is 0.895. The van der Waals surface area contributed by atoms with Crippen LogP contribution in [-0.2, 0) is 4.79 Å². The first-order valence-electron chi connectivity index (χ1n) is 8.40. The van der Waals surface area contributed by atoms with Crippen LogP contribution >= 0.6 is 0 Å². The van der Waals surface area contributed by atoms with Crippen LogP contribution in [0.1, 0.15) is 44.9 Å². The number of carbonyl (C=O) groups excluding carboxylic acids is 1. The molecule has 1 saturated heterocycles. The summed E-state index contributed by atoms with van der Waals surface area (Å²) in [6.07, 6.45) is 5.99. The minimum absolute atomic E-state index is 0.0182. The molecule has 6 heteroatoms. The average molecular weight is 323 g/mol. The Labute approximate surface area is 135 Å². The number of hydrogen-bond acceptors (Lipinski definition) is 3. The molecule has 0 atom stereocenters. The summed E-state index contributed by atoms with van der Waals surface area (Å²) in [5, 5.41) is 2.79. The van der Waals surface area contributed by atoms with E-state index >= 15 is 0 Å². The summed E-state index contributed by atoms with van der Waals surface area (Å²) < 4.78 is 25.5. The maximum absolute atomic E-state index is 12.7. The first-order chi connectivity index (χ1) is 11.0. The molecule has 4 nitrogen and oxygen atoms in total.